The Balaban J connectivity index is 1.77. The summed E-state index contributed by atoms with van der Waals surface area (Å²) in [5.74, 6) is 0. The van der Waals surface area contributed by atoms with Gasteiger partial charge in [0.15, 0.2) is 0 Å². The van der Waals surface area contributed by atoms with Crippen LogP contribution in [0.15, 0.2) is 34.6 Å². The first-order valence-corrected chi connectivity index (χ1v) is 5.90. The molecule has 1 atom stereocenters. The molecule has 1 saturated heterocycles. The van der Waals surface area contributed by atoms with Crippen LogP contribution in [0.5, 0.6) is 0 Å². The van der Waals surface area contributed by atoms with E-state index in [1.807, 2.05) is 12.1 Å². The molecule has 1 aromatic rings. The molecule has 0 spiro atoms. The summed E-state index contributed by atoms with van der Waals surface area (Å²) in [4.78, 5) is 0. The number of piperidine rings is 1. The Bertz CT molecular complexity index is 396. The van der Waals surface area contributed by atoms with Crippen LogP contribution in [0.1, 0.15) is 18.4 Å². The number of hydrogen-bond donors (Lipinski definition) is 1. The Kier molecular flexibility index (Phi) is 2.58. The molecule has 0 bridgehead atoms. The van der Waals surface area contributed by atoms with E-state index in [1.165, 1.54) is 18.4 Å². The molecule has 2 aliphatic heterocycles. The Morgan fingerprint density at radius 2 is 2.25 bits per heavy atom. The first-order valence-electron chi connectivity index (χ1n) is 5.90. The Hall–Kier alpha value is -1.42. The molecule has 3 rings (SSSR count). The fourth-order valence-electron chi connectivity index (χ4n) is 2.34. The molecule has 16 heavy (non-hydrogen) atoms. The van der Waals surface area contributed by atoms with Gasteiger partial charge in [-0.3, -0.25) is 5.01 Å². The monoisotopic (exact) mass is 216 g/mol. The Morgan fingerprint density at radius 3 is 3.12 bits per heavy atom. The fourth-order valence-corrected chi connectivity index (χ4v) is 2.34. The van der Waals surface area contributed by atoms with Gasteiger partial charge < -0.3 is 5.32 Å². The van der Waals surface area contributed by atoms with Crippen LogP contribution in [0.4, 0.5) is 5.69 Å². The van der Waals surface area contributed by atoms with Crippen molar-refractivity contribution in [2.45, 2.75) is 25.4 Å². The smallest absolute Gasteiger partial charge is 0.0924 e. The van der Waals surface area contributed by atoms with Gasteiger partial charge in [-0.2, -0.15) is 0 Å². The van der Waals surface area contributed by atoms with Crippen molar-refractivity contribution in [3.63, 3.8) is 0 Å². The zero-order chi connectivity index (χ0) is 10.8. The normalized spacial score (nSPS) is 24.2. The number of rotatable bonds is 1. The Morgan fingerprint density at radius 1 is 1.31 bits per heavy atom. The maximum atomic E-state index is 4.31. The molecular weight excluding hydrogens is 200 g/mol. The van der Waals surface area contributed by atoms with Crippen LogP contribution < -0.4 is 5.32 Å². The molecule has 1 N–H and O–H groups in total. The van der Waals surface area contributed by atoms with E-state index in [9.17, 15) is 0 Å². The summed E-state index contributed by atoms with van der Waals surface area (Å²) < 4.78 is 0. The van der Waals surface area contributed by atoms with Gasteiger partial charge in [0.2, 0.25) is 0 Å². The van der Waals surface area contributed by atoms with Gasteiger partial charge in [0.1, 0.15) is 0 Å². The van der Waals surface area contributed by atoms with Crippen molar-refractivity contribution in [2.24, 2.45) is 10.3 Å². The lowest BCUT2D eigenvalue weighted by molar-refractivity contribution is 0.148. The van der Waals surface area contributed by atoms with Gasteiger partial charge in [-0.05, 0) is 25.5 Å². The van der Waals surface area contributed by atoms with Crippen molar-refractivity contribution in [3.8, 4) is 0 Å². The molecule has 0 saturated carbocycles. The highest BCUT2D eigenvalue weighted by Crippen LogP contribution is 2.27. The summed E-state index contributed by atoms with van der Waals surface area (Å²) in [5.41, 5.74) is 2.30. The number of hydrogen-bond acceptors (Lipinski definition) is 4. The number of fused-ring (bicyclic) bond motifs is 1. The summed E-state index contributed by atoms with van der Waals surface area (Å²) in [6.07, 6.45) is 2.45. The maximum Gasteiger partial charge on any atom is 0.0924 e. The third-order valence-corrected chi connectivity index (χ3v) is 3.28. The second-order valence-electron chi connectivity index (χ2n) is 4.42. The van der Waals surface area contributed by atoms with E-state index < -0.39 is 0 Å². The molecule has 0 aromatic heterocycles. The molecule has 0 aliphatic carbocycles. The van der Waals surface area contributed by atoms with Gasteiger partial charge in [-0.25, -0.2) is 0 Å². The second kappa shape index (κ2) is 4.22. The van der Waals surface area contributed by atoms with Crippen molar-refractivity contribution >= 4 is 5.69 Å². The van der Waals surface area contributed by atoms with Crippen LogP contribution in [-0.2, 0) is 6.54 Å². The summed E-state index contributed by atoms with van der Waals surface area (Å²) in [5, 5.41) is 14.1. The van der Waals surface area contributed by atoms with Crippen molar-refractivity contribution in [1.29, 1.82) is 0 Å². The van der Waals surface area contributed by atoms with Gasteiger partial charge in [0.25, 0.3) is 0 Å². The highest BCUT2D eigenvalue weighted by atomic mass is 15.6. The molecule has 4 nitrogen and oxygen atoms in total. The highest BCUT2D eigenvalue weighted by molar-refractivity contribution is 5.45. The summed E-state index contributed by atoms with van der Waals surface area (Å²) in [7, 11) is 0. The van der Waals surface area contributed by atoms with E-state index in [1.54, 1.807) is 0 Å². The van der Waals surface area contributed by atoms with Gasteiger partial charge in [-0.15, -0.1) is 5.11 Å². The van der Waals surface area contributed by atoms with Gasteiger partial charge in [-0.1, -0.05) is 23.4 Å². The SMILES string of the molecule is c1ccc2c(c1)CN([C@H]1CCCNC1)N=N2. The van der Waals surface area contributed by atoms with E-state index in [2.05, 4.69) is 32.8 Å². The second-order valence-corrected chi connectivity index (χ2v) is 4.42. The molecule has 2 aliphatic rings. The zero-order valence-electron chi connectivity index (χ0n) is 9.26. The van der Waals surface area contributed by atoms with Crippen LogP contribution in [0, 0.1) is 0 Å². The maximum absolute atomic E-state index is 4.31. The highest BCUT2D eigenvalue weighted by Gasteiger charge is 2.23. The number of nitrogens with zero attached hydrogens (tertiary/aromatic N) is 3. The van der Waals surface area contributed by atoms with E-state index in [0.29, 0.717) is 6.04 Å². The van der Waals surface area contributed by atoms with Crippen molar-refractivity contribution in [2.75, 3.05) is 13.1 Å². The molecule has 1 aromatic carbocycles. The van der Waals surface area contributed by atoms with E-state index in [-0.39, 0.29) is 0 Å². The third-order valence-electron chi connectivity index (χ3n) is 3.28. The number of nitrogens with one attached hydrogen (secondary N) is 1. The molecule has 0 unspecified atom stereocenters. The lowest BCUT2D eigenvalue weighted by atomic mass is 10.1. The minimum Gasteiger partial charge on any atom is -0.315 e. The molecule has 2 heterocycles. The van der Waals surface area contributed by atoms with E-state index >= 15 is 0 Å². The largest absolute Gasteiger partial charge is 0.315 e. The molecule has 84 valence electrons. The van der Waals surface area contributed by atoms with Crippen molar-refractivity contribution in [1.82, 2.24) is 10.3 Å². The predicted octanol–water partition coefficient (Wildman–Crippen LogP) is 2.25. The molecule has 4 heteroatoms. The molecule has 0 radical (unpaired) electrons. The Labute approximate surface area is 95.3 Å². The zero-order valence-corrected chi connectivity index (χ0v) is 9.26. The predicted molar refractivity (Wildman–Crippen MR) is 62.4 cm³/mol. The molecule has 0 amide bonds. The first kappa shape index (κ1) is 9.78. The molecular formula is C12H16N4. The average Bonchev–Trinajstić information content (AvgIpc) is 2.39. The van der Waals surface area contributed by atoms with Gasteiger partial charge in [0.05, 0.1) is 18.3 Å². The van der Waals surface area contributed by atoms with Crippen LogP contribution in [0.2, 0.25) is 0 Å². The minimum absolute atomic E-state index is 0.505. The first-order chi connectivity index (χ1) is 7.93. The van der Waals surface area contributed by atoms with Crippen LogP contribution in [0.25, 0.3) is 0 Å². The van der Waals surface area contributed by atoms with Gasteiger partial charge in [0, 0.05) is 12.1 Å². The lowest BCUT2D eigenvalue weighted by Gasteiger charge is -2.33. The standard InChI is InChI=1S/C12H16N4/c1-2-6-12-10(4-1)9-16(15-14-12)11-5-3-7-13-8-11/h1-2,4,6,11,13H,3,5,7-9H2/t11-/m0/s1. The van der Waals surface area contributed by atoms with Crippen molar-refractivity contribution < 1.29 is 0 Å². The number of benzene rings is 1. The van der Waals surface area contributed by atoms with Crippen LogP contribution in [-0.4, -0.2) is 24.1 Å². The van der Waals surface area contributed by atoms with E-state index in [0.717, 1.165) is 25.3 Å². The quantitative estimate of drug-likeness (QED) is 0.782. The van der Waals surface area contributed by atoms with E-state index in [4.69, 9.17) is 0 Å². The van der Waals surface area contributed by atoms with Crippen molar-refractivity contribution in [3.05, 3.63) is 29.8 Å². The summed E-state index contributed by atoms with van der Waals surface area (Å²) >= 11 is 0. The molecule has 1 fully saturated rings. The fraction of sp³-hybridized carbons (Fsp3) is 0.500. The van der Waals surface area contributed by atoms with Crippen LogP contribution in [0.3, 0.4) is 0 Å². The van der Waals surface area contributed by atoms with Crippen LogP contribution >= 0.6 is 0 Å². The summed E-state index contributed by atoms with van der Waals surface area (Å²) in [6, 6.07) is 8.74. The average molecular weight is 216 g/mol. The summed E-state index contributed by atoms with van der Waals surface area (Å²) in [6.45, 7) is 3.06. The van der Waals surface area contributed by atoms with Gasteiger partial charge >= 0.3 is 0 Å². The third kappa shape index (κ3) is 1.80. The lowest BCUT2D eigenvalue weighted by Crippen LogP contribution is -2.43. The topological polar surface area (TPSA) is 40.0 Å². The minimum atomic E-state index is 0.505.